The smallest absolute Gasteiger partial charge is 0.251 e. The van der Waals surface area contributed by atoms with Gasteiger partial charge in [0.2, 0.25) is 5.91 Å². The van der Waals surface area contributed by atoms with E-state index in [0.717, 1.165) is 25.1 Å². The topological polar surface area (TPSA) is 70.2 Å². The van der Waals surface area contributed by atoms with Crippen LogP contribution >= 0.6 is 0 Å². The maximum Gasteiger partial charge on any atom is 0.251 e. The van der Waals surface area contributed by atoms with Gasteiger partial charge in [-0.15, -0.1) is 0 Å². The number of hydrogen-bond donors (Lipinski definition) is 3. The second-order valence-corrected chi connectivity index (χ2v) is 5.43. The fourth-order valence-corrected chi connectivity index (χ4v) is 2.29. The molecule has 3 N–H and O–H groups in total. The monoisotopic (exact) mass is 289 g/mol. The number of amides is 2. The SMILES string of the molecule is CC[C@H](C)NC(=O)CCNC(=O)c1ccc2c(c1)CCN2. The third-order valence-electron chi connectivity index (χ3n) is 3.73. The summed E-state index contributed by atoms with van der Waals surface area (Å²) in [4.78, 5) is 23.7. The molecule has 0 aromatic heterocycles. The highest BCUT2D eigenvalue weighted by Gasteiger charge is 2.13. The van der Waals surface area contributed by atoms with E-state index in [1.54, 1.807) is 0 Å². The predicted molar refractivity (Wildman–Crippen MR) is 83.5 cm³/mol. The van der Waals surface area contributed by atoms with Gasteiger partial charge in [-0.05, 0) is 43.5 Å². The lowest BCUT2D eigenvalue weighted by molar-refractivity contribution is -0.121. The maximum absolute atomic E-state index is 12.0. The fraction of sp³-hybridized carbons (Fsp3) is 0.500. The molecule has 0 bridgehead atoms. The van der Waals surface area contributed by atoms with Crippen LogP contribution in [-0.2, 0) is 11.2 Å². The van der Waals surface area contributed by atoms with Crippen LogP contribution in [0.15, 0.2) is 18.2 Å². The molecule has 2 rings (SSSR count). The van der Waals surface area contributed by atoms with Gasteiger partial charge in [0.15, 0.2) is 0 Å². The molecule has 1 aromatic carbocycles. The van der Waals surface area contributed by atoms with E-state index >= 15 is 0 Å². The standard InChI is InChI=1S/C16H23N3O2/c1-3-11(2)19-15(20)7-9-18-16(21)13-4-5-14-12(10-13)6-8-17-14/h4-5,10-11,17H,3,6-9H2,1-2H3,(H,18,21)(H,19,20)/t11-/m0/s1. The van der Waals surface area contributed by atoms with E-state index in [1.807, 2.05) is 32.0 Å². The Morgan fingerprint density at radius 3 is 2.95 bits per heavy atom. The molecule has 21 heavy (non-hydrogen) atoms. The van der Waals surface area contributed by atoms with Crippen molar-refractivity contribution in [1.82, 2.24) is 10.6 Å². The molecule has 1 heterocycles. The Morgan fingerprint density at radius 2 is 2.19 bits per heavy atom. The van der Waals surface area contributed by atoms with Crippen molar-refractivity contribution in [3.8, 4) is 0 Å². The quantitative estimate of drug-likeness (QED) is 0.746. The van der Waals surface area contributed by atoms with E-state index in [-0.39, 0.29) is 17.9 Å². The summed E-state index contributed by atoms with van der Waals surface area (Å²) in [6.07, 6.45) is 2.16. The number of carbonyl (C=O) groups excluding carboxylic acids is 2. The van der Waals surface area contributed by atoms with Gasteiger partial charge in [-0.1, -0.05) is 6.92 Å². The minimum atomic E-state index is -0.124. The average molecular weight is 289 g/mol. The first-order chi connectivity index (χ1) is 10.1. The van der Waals surface area contributed by atoms with Gasteiger partial charge in [-0.25, -0.2) is 0 Å². The predicted octanol–water partition coefficient (Wildman–Crippen LogP) is 1.69. The van der Waals surface area contributed by atoms with Crippen LogP contribution in [0.4, 0.5) is 5.69 Å². The highest BCUT2D eigenvalue weighted by atomic mass is 16.2. The molecule has 1 aliphatic heterocycles. The summed E-state index contributed by atoms with van der Waals surface area (Å²) >= 11 is 0. The van der Waals surface area contributed by atoms with Crippen molar-refractivity contribution in [2.45, 2.75) is 39.2 Å². The molecule has 0 saturated heterocycles. The molecule has 0 fully saturated rings. The van der Waals surface area contributed by atoms with Gasteiger partial charge in [0.25, 0.3) is 5.91 Å². The van der Waals surface area contributed by atoms with Gasteiger partial charge in [-0.2, -0.15) is 0 Å². The van der Waals surface area contributed by atoms with Crippen molar-refractivity contribution in [2.75, 3.05) is 18.4 Å². The average Bonchev–Trinajstić information content (AvgIpc) is 2.94. The Kier molecular flexibility index (Phi) is 5.20. The zero-order chi connectivity index (χ0) is 15.2. The second-order valence-electron chi connectivity index (χ2n) is 5.43. The Hall–Kier alpha value is -2.04. The van der Waals surface area contributed by atoms with E-state index in [1.165, 1.54) is 5.56 Å². The minimum absolute atomic E-state index is 0.0252. The first-order valence-corrected chi connectivity index (χ1v) is 7.54. The van der Waals surface area contributed by atoms with Crippen LogP contribution in [0, 0.1) is 0 Å². The lowest BCUT2D eigenvalue weighted by Gasteiger charge is -2.11. The number of anilines is 1. The van der Waals surface area contributed by atoms with E-state index in [0.29, 0.717) is 18.5 Å². The van der Waals surface area contributed by atoms with Gasteiger partial charge in [-0.3, -0.25) is 9.59 Å². The largest absolute Gasteiger partial charge is 0.384 e. The molecule has 0 aliphatic carbocycles. The van der Waals surface area contributed by atoms with Crippen LogP contribution < -0.4 is 16.0 Å². The molecule has 114 valence electrons. The molecule has 1 atom stereocenters. The van der Waals surface area contributed by atoms with Crippen LogP contribution in [0.25, 0.3) is 0 Å². The third kappa shape index (κ3) is 4.21. The molecule has 5 heteroatoms. The summed E-state index contributed by atoms with van der Waals surface area (Å²) in [5, 5.41) is 8.93. The number of nitrogens with one attached hydrogen (secondary N) is 3. The van der Waals surface area contributed by atoms with Gasteiger partial charge in [0.1, 0.15) is 0 Å². The second kappa shape index (κ2) is 7.11. The molecule has 2 amide bonds. The summed E-state index contributed by atoms with van der Waals surface area (Å²) in [6.45, 7) is 5.27. The van der Waals surface area contributed by atoms with Crippen molar-refractivity contribution < 1.29 is 9.59 Å². The molecular formula is C16H23N3O2. The Morgan fingerprint density at radius 1 is 1.38 bits per heavy atom. The molecule has 0 unspecified atom stereocenters. The zero-order valence-electron chi connectivity index (χ0n) is 12.7. The molecule has 0 saturated carbocycles. The lowest BCUT2D eigenvalue weighted by Crippen LogP contribution is -2.35. The van der Waals surface area contributed by atoms with Gasteiger partial charge in [0, 0.05) is 36.8 Å². The van der Waals surface area contributed by atoms with Crippen LogP contribution in [0.1, 0.15) is 42.6 Å². The van der Waals surface area contributed by atoms with Gasteiger partial charge < -0.3 is 16.0 Å². The summed E-state index contributed by atoms with van der Waals surface area (Å²) in [5.41, 5.74) is 2.94. The number of rotatable bonds is 6. The first kappa shape index (κ1) is 15.4. The number of fused-ring (bicyclic) bond motifs is 1. The fourth-order valence-electron chi connectivity index (χ4n) is 2.29. The Labute approximate surface area is 125 Å². The summed E-state index contributed by atoms with van der Waals surface area (Å²) in [6, 6.07) is 5.85. The number of hydrogen-bond acceptors (Lipinski definition) is 3. The van der Waals surface area contributed by atoms with Crippen molar-refractivity contribution in [3.63, 3.8) is 0 Å². The normalized spacial score (nSPS) is 14.0. The molecule has 5 nitrogen and oxygen atoms in total. The molecule has 1 aliphatic rings. The van der Waals surface area contributed by atoms with E-state index in [4.69, 9.17) is 0 Å². The van der Waals surface area contributed by atoms with E-state index < -0.39 is 0 Å². The van der Waals surface area contributed by atoms with E-state index in [2.05, 4.69) is 16.0 Å². The number of benzene rings is 1. The molecular weight excluding hydrogens is 266 g/mol. The first-order valence-electron chi connectivity index (χ1n) is 7.54. The van der Waals surface area contributed by atoms with Gasteiger partial charge >= 0.3 is 0 Å². The molecule has 1 aromatic rings. The van der Waals surface area contributed by atoms with Crippen molar-refractivity contribution in [2.24, 2.45) is 0 Å². The maximum atomic E-state index is 12.0. The lowest BCUT2D eigenvalue weighted by atomic mass is 10.1. The minimum Gasteiger partial charge on any atom is -0.384 e. The van der Waals surface area contributed by atoms with Crippen LogP contribution in [0.2, 0.25) is 0 Å². The Bertz CT molecular complexity index is 528. The summed E-state index contributed by atoms with van der Waals surface area (Å²) < 4.78 is 0. The highest BCUT2D eigenvalue weighted by Crippen LogP contribution is 2.22. The van der Waals surface area contributed by atoms with Crippen LogP contribution in [0.3, 0.4) is 0 Å². The third-order valence-corrected chi connectivity index (χ3v) is 3.73. The summed E-state index contributed by atoms with van der Waals surface area (Å²) in [7, 11) is 0. The summed E-state index contributed by atoms with van der Waals surface area (Å²) in [5.74, 6) is -0.149. The highest BCUT2D eigenvalue weighted by molar-refractivity contribution is 5.95. The van der Waals surface area contributed by atoms with Crippen molar-refractivity contribution in [3.05, 3.63) is 29.3 Å². The van der Waals surface area contributed by atoms with Crippen LogP contribution in [0.5, 0.6) is 0 Å². The van der Waals surface area contributed by atoms with Crippen LogP contribution in [-0.4, -0.2) is 30.9 Å². The number of carbonyl (C=O) groups is 2. The molecule has 0 radical (unpaired) electrons. The molecule has 0 spiro atoms. The van der Waals surface area contributed by atoms with Gasteiger partial charge in [0.05, 0.1) is 0 Å². The van der Waals surface area contributed by atoms with E-state index in [9.17, 15) is 9.59 Å². The zero-order valence-corrected chi connectivity index (χ0v) is 12.7. The van der Waals surface area contributed by atoms with Crippen molar-refractivity contribution >= 4 is 17.5 Å². The Balaban J connectivity index is 1.78. The van der Waals surface area contributed by atoms with Crippen molar-refractivity contribution in [1.29, 1.82) is 0 Å².